The molecule has 0 aliphatic heterocycles. The van der Waals surface area contributed by atoms with Gasteiger partial charge in [-0.05, 0) is 74.3 Å². The van der Waals surface area contributed by atoms with E-state index >= 15 is 0 Å². The first kappa shape index (κ1) is 34.0. The Morgan fingerprint density at radius 1 is 1.05 bits per heavy atom. The van der Waals surface area contributed by atoms with Crippen molar-refractivity contribution in [1.82, 2.24) is 20.6 Å². The number of halogens is 1. The van der Waals surface area contributed by atoms with E-state index in [4.69, 9.17) is 28.8 Å². The fourth-order valence-corrected chi connectivity index (χ4v) is 4.56. The number of aliphatic hydroxyl groups is 1. The minimum absolute atomic E-state index is 0.0474. The number of aromatic nitrogens is 2. The smallest absolute Gasteiger partial charge is 0.302 e. The molecule has 13 nitrogen and oxygen atoms in total. The van der Waals surface area contributed by atoms with Crippen molar-refractivity contribution in [2.75, 3.05) is 29.9 Å². The number of phenols is 1. The second kappa shape index (κ2) is 17.0. The van der Waals surface area contributed by atoms with Crippen LogP contribution in [-0.2, 0) is 17.6 Å². The van der Waals surface area contributed by atoms with Gasteiger partial charge in [0.2, 0.25) is 6.41 Å². The Balaban J connectivity index is 1.31. The van der Waals surface area contributed by atoms with E-state index in [0.29, 0.717) is 25.1 Å². The summed E-state index contributed by atoms with van der Waals surface area (Å²) in [7, 11) is 0. The van der Waals surface area contributed by atoms with E-state index in [1.165, 1.54) is 17.2 Å². The number of nitrogens with one attached hydrogen (secondary N) is 3. The highest BCUT2D eigenvalue weighted by Crippen LogP contribution is 2.26. The summed E-state index contributed by atoms with van der Waals surface area (Å²) in [4.78, 5) is 34.3. The third kappa shape index (κ3) is 10.7. The van der Waals surface area contributed by atoms with Crippen molar-refractivity contribution in [1.29, 1.82) is 0 Å². The summed E-state index contributed by atoms with van der Waals surface area (Å²) in [6, 6.07) is 13.4. The van der Waals surface area contributed by atoms with E-state index in [2.05, 4.69) is 62.1 Å². The van der Waals surface area contributed by atoms with Crippen LogP contribution in [0, 0.1) is 0 Å². The molecule has 2 aromatic carbocycles. The highest BCUT2D eigenvalue weighted by Gasteiger charge is 2.16. The molecular formula is C30H40ClN9O4. The van der Waals surface area contributed by atoms with Crippen molar-refractivity contribution < 1.29 is 19.8 Å². The van der Waals surface area contributed by atoms with E-state index in [1.54, 1.807) is 12.1 Å². The van der Waals surface area contributed by atoms with Crippen molar-refractivity contribution >= 4 is 47.2 Å². The maximum Gasteiger partial charge on any atom is 0.302 e. The number of nitrogen functional groups attached to an aromatic ring is 2. The molecule has 236 valence electrons. The van der Waals surface area contributed by atoms with Crippen molar-refractivity contribution in [2.24, 2.45) is 10.7 Å². The van der Waals surface area contributed by atoms with Crippen molar-refractivity contribution in [2.45, 2.75) is 57.6 Å². The Labute approximate surface area is 261 Å². The summed E-state index contributed by atoms with van der Waals surface area (Å²) >= 11 is 5.80. The molecule has 0 saturated heterocycles. The molecule has 0 aliphatic carbocycles. The normalized spacial score (nSPS) is 12.8. The summed E-state index contributed by atoms with van der Waals surface area (Å²) in [5, 5.41) is 28.8. The number of aryl methyl sites for hydroxylation is 2. The number of phenolic OH excluding ortho intramolecular Hbond substituents is 1. The molecule has 0 radical (unpaired) electrons. The van der Waals surface area contributed by atoms with Gasteiger partial charge in [0.25, 0.3) is 0 Å². The number of rotatable bonds is 16. The molecule has 3 aromatic rings. The number of aromatic hydroxyl groups is 1. The predicted molar refractivity (Wildman–Crippen MR) is 172 cm³/mol. The summed E-state index contributed by atoms with van der Waals surface area (Å²) < 4.78 is 0. The van der Waals surface area contributed by atoms with Gasteiger partial charge in [-0.1, -0.05) is 41.9 Å². The number of guanidine groups is 1. The number of amides is 2. The van der Waals surface area contributed by atoms with Crippen LogP contribution in [0.25, 0.3) is 0 Å². The lowest BCUT2D eigenvalue weighted by Gasteiger charge is -2.18. The molecule has 14 heteroatoms. The second-order valence-electron chi connectivity index (χ2n) is 10.4. The highest BCUT2D eigenvalue weighted by molar-refractivity contribution is 6.31. The predicted octanol–water partition coefficient (Wildman–Crippen LogP) is 2.67. The lowest BCUT2D eigenvalue weighted by molar-refractivity contribution is -0.105. The zero-order valence-electron chi connectivity index (χ0n) is 24.6. The summed E-state index contributed by atoms with van der Waals surface area (Å²) in [5.74, 6) is -1.10. The fraction of sp³-hybridized carbons (Fsp3) is 0.367. The second-order valence-corrected chi connectivity index (χ2v) is 10.8. The van der Waals surface area contributed by atoms with Crippen LogP contribution >= 0.6 is 11.6 Å². The number of aliphatic hydroxyl groups excluding tert-OH is 1. The molecule has 44 heavy (non-hydrogen) atoms. The topological polar surface area (TPSA) is 227 Å². The van der Waals surface area contributed by atoms with E-state index < -0.39 is 12.0 Å². The van der Waals surface area contributed by atoms with Gasteiger partial charge in [-0.15, -0.1) is 0 Å². The molecule has 0 fully saturated rings. The monoisotopic (exact) mass is 625 g/mol. The lowest BCUT2D eigenvalue weighted by atomic mass is 10.0. The Kier molecular flexibility index (Phi) is 13.1. The molecule has 1 heterocycles. The molecule has 1 unspecified atom stereocenters. The van der Waals surface area contributed by atoms with Crippen LogP contribution in [0.5, 0.6) is 5.75 Å². The molecule has 1 aromatic heterocycles. The first-order valence-corrected chi connectivity index (χ1v) is 14.7. The maximum atomic E-state index is 12.3. The van der Waals surface area contributed by atoms with Gasteiger partial charge in [-0.25, -0.2) is 9.97 Å². The summed E-state index contributed by atoms with van der Waals surface area (Å²) in [6.45, 7) is 2.98. The van der Waals surface area contributed by atoms with Gasteiger partial charge in [-0.3, -0.25) is 9.59 Å². The maximum absolute atomic E-state index is 12.3. The third-order valence-corrected chi connectivity index (χ3v) is 7.21. The van der Waals surface area contributed by atoms with Crippen LogP contribution in [0.4, 0.5) is 17.3 Å². The number of nitrogens with zero attached hydrogens (tertiary/aromatic N) is 3. The number of carbonyl (C=O) groups is 2. The lowest BCUT2D eigenvalue weighted by Crippen LogP contribution is -2.33. The molecule has 0 spiro atoms. The van der Waals surface area contributed by atoms with Gasteiger partial charge in [-0.2, -0.15) is 4.99 Å². The van der Waals surface area contributed by atoms with Crippen LogP contribution in [0.15, 0.2) is 47.5 Å². The van der Waals surface area contributed by atoms with E-state index in [1.807, 2.05) is 0 Å². The molecule has 2 atom stereocenters. The molecule has 0 bridgehead atoms. The number of hydrogen-bond acceptors (Lipinski definition) is 9. The Bertz CT molecular complexity index is 1440. The number of hydrogen-bond donors (Lipinski definition) is 8. The van der Waals surface area contributed by atoms with Gasteiger partial charge in [0.1, 0.15) is 5.75 Å². The Morgan fingerprint density at radius 2 is 1.73 bits per heavy atom. The number of benzene rings is 2. The third-order valence-electron chi connectivity index (χ3n) is 6.93. The van der Waals surface area contributed by atoms with E-state index in [9.17, 15) is 19.8 Å². The molecular weight excluding hydrogens is 586 g/mol. The molecule has 3 rings (SSSR count). The summed E-state index contributed by atoms with van der Waals surface area (Å²) in [6.07, 6.45) is 5.27. The van der Waals surface area contributed by atoms with E-state index in [-0.39, 0.29) is 45.9 Å². The average Bonchev–Trinajstić information content (AvgIpc) is 2.99. The molecule has 0 saturated carbocycles. The number of unbranched alkanes of at least 4 members (excludes halogenated alkanes) is 1. The zero-order chi connectivity index (χ0) is 32.1. The number of nitrogens with two attached hydrogens (primary N) is 3. The fourth-order valence-electron chi connectivity index (χ4n) is 4.43. The van der Waals surface area contributed by atoms with Gasteiger partial charge in [0.15, 0.2) is 28.4 Å². The highest BCUT2D eigenvalue weighted by atomic mass is 35.5. The van der Waals surface area contributed by atoms with Crippen molar-refractivity contribution in [3.63, 3.8) is 0 Å². The van der Waals surface area contributed by atoms with Gasteiger partial charge >= 0.3 is 5.91 Å². The summed E-state index contributed by atoms with van der Waals surface area (Å²) in [5.41, 5.74) is 20.2. The van der Waals surface area contributed by atoms with Crippen LogP contribution in [0.3, 0.4) is 0 Å². The largest absolute Gasteiger partial charge is 0.506 e. The zero-order valence-corrected chi connectivity index (χ0v) is 25.3. The van der Waals surface area contributed by atoms with Crippen LogP contribution in [0.1, 0.15) is 65.9 Å². The Morgan fingerprint density at radius 3 is 2.41 bits per heavy atom. The average molecular weight is 626 g/mol. The Hall–Kier alpha value is -4.46. The minimum atomic E-state index is -0.765. The van der Waals surface area contributed by atoms with Crippen LogP contribution in [-0.4, -0.2) is 57.6 Å². The minimum Gasteiger partial charge on any atom is -0.506 e. The van der Waals surface area contributed by atoms with Gasteiger partial charge in [0, 0.05) is 19.1 Å². The quantitative estimate of drug-likeness (QED) is 0.0379. The van der Waals surface area contributed by atoms with E-state index in [0.717, 1.165) is 38.5 Å². The standard InChI is InChI=1S/C30H40ClN9O4/c1-18(36-16-24(43)21-12-13-23(42)22(15-21)37-17-41)5-4-7-20-10-8-19(9-11-20)6-2-3-14-35-30(34)40-29(44)25-27(32)39-28(33)26(31)38-25/h8-13,15,17-18,24,36,42-43H,2-7,14,16H2,1H3,(H,37,41)(H4,32,33,39)(H3,34,35,40,44)/t18?,24-/m0/s1. The number of anilines is 3. The van der Waals surface area contributed by atoms with Gasteiger partial charge in [0.05, 0.1) is 11.8 Å². The van der Waals surface area contributed by atoms with Gasteiger partial charge < -0.3 is 43.4 Å². The molecule has 0 aliphatic rings. The molecule has 2 amide bonds. The first-order valence-electron chi connectivity index (χ1n) is 14.3. The van der Waals surface area contributed by atoms with Crippen molar-refractivity contribution in [3.05, 3.63) is 70.0 Å². The van der Waals surface area contributed by atoms with Crippen LogP contribution < -0.4 is 33.2 Å². The SMILES string of the molecule is CC(CCCc1ccc(CCCCNC(N)=NC(=O)c2nc(Cl)c(N)nc2N)cc1)NC[C@H](O)c1ccc(O)c(NC=O)c1. The van der Waals surface area contributed by atoms with Crippen LogP contribution in [0.2, 0.25) is 5.15 Å². The molecule has 11 N–H and O–H groups in total. The number of carbonyl (C=O) groups excluding carboxylic acids is 2. The van der Waals surface area contributed by atoms with Crippen molar-refractivity contribution in [3.8, 4) is 5.75 Å². The first-order chi connectivity index (χ1) is 21.1. The number of aliphatic imine (C=N–C) groups is 1.